The Bertz CT molecular complexity index is 916. The molecule has 1 aliphatic carbocycles. The van der Waals surface area contributed by atoms with Gasteiger partial charge in [-0.15, -0.1) is 0 Å². The van der Waals surface area contributed by atoms with Crippen LogP contribution in [0.2, 0.25) is 5.02 Å². The first-order chi connectivity index (χ1) is 10.9. The molecule has 0 unspecified atom stereocenters. The van der Waals surface area contributed by atoms with E-state index in [1.54, 1.807) is 0 Å². The highest BCUT2D eigenvalue weighted by atomic mass is 35.5. The summed E-state index contributed by atoms with van der Waals surface area (Å²) in [6, 6.07) is 1.96. The Kier molecular flexibility index (Phi) is 3.60. The highest BCUT2D eigenvalue weighted by Gasteiger charge is 2.36. The van der Waals surface area contributed by atoms with Gasteiger partial charge in [-0.2, -0.15) is 0 Å². The van der Waals surface area contributed by atoms with Crippen LogP contribution in [-0.4, -0.2) is 28.8 Å². The minimum atomic E-state index is -1.45. The molecule has 1 N–H and O–H groups in total. The molecule has 1 heterocycles. The van der Waals surface area contributed by atoms with Crippen molar-refractivity contribution in [2.24, 2.45) is 0 Å². The molecule has 6 nitrogen and oxygen atoms in total. The quantitative estimate of drug-likeness (QED) is 0.909. The summed E-state index contributed by atoms with van der Waals surface area (Å²) in [5.41, 5.74) is -1.32. The van der Waals surface area contributed by atoms with Crippen LogP contribution in [0.4, 0.5) is 9.18 Å². The second-order valence-corrected chi connectivity index (χ2v) is 5.66. The van der Waals surface area contributed by atoms with Crippen molar-refractivity contribution in [3.8, 4) is 0 Å². The number of carboxylic acids is 1. The Balaban J connectivity index is 2.57. The fourth-order valence-corrected chi connectivity index (χ4v) is 2.80. The highest BCUT2D eigenvalue weighted by Crippen LogP contribution is 2.42. The van der Waals surface area contributed by atoms with E-state index < -0.39 is 28.9 Å². The number of nitrogens with zero attached hydrogens (tertiary/aromatic N) is 1. The third kappa shape index (κ3) is 2.37. The van der Waals surface area contributed by atoms with Crippen LogP contribution in [0.5, 0.6) is 0 Å². The maximum Gasteiger partial charge on any atom is 0.418 e. The van der Waals surface area contributed by atoms with Crippen LogP contribution in [-0.2, 0) is 4.74 Å². The van der Waals surface area contributed by atoms with Gasteiger partial charge in [0.05, 0.1) is 23.3 Å². The number of carbonyl (C=O) groups excluding carboxylic acids is 1. The molecular weight excluding hydrogens is 329 g/mol. The molecule has 0 radical (unpaired) electrons. The van der Waals surface area contributed by atoms with Crippen molar-refractivity contribution in [1.82, 2.24) is 4.57 Å². The molecule has 120 valence electrons. The van der Waals surface area contributed by atoms with E-state index in [0.717, 1.165) is 23.8 Å². The number of carboxylic acid groups (broad SMARTS) is 1. The van der Waals surface area contributed by atoms with Crippen LogP contribution in [0.25, 0.3) is 10.9 Å². The average molecular weight is 340 g/mol. The first-order valence-electron chi connectivity index (χ1n) is 6.76. The van der Waals surface area contributed by atoms with Gasteiger partial charge in [-0.1, -0.05) is 11.6 Å². The van der Waals surface area contributed by atoms with Crippen molar-refractivity contribution in [1.29, 1.82) is 0 Å². The van der Waals surface area contributed by atoms with Gasteiger partial charge in [0.15, 0.2) is 0 Å². The number of hydrogen-bond donors (Lipinski definition) is 1. The molecule has 0 bridgehead atoms. The lowest BCUT2D eigenvalue weighted by atomic mass is 10.0. The zero-order valence-electron chi connectivity index (χ0n) is 11.9. The van der Waals surface area contributed by atoms with Gasteiger partial charge in [0.25, 0.3) is 0 Å². The van der Waals surface area contributed by atoms with Crippen LogP contribution in [0.3, 0.4) is 0 Å². The number of halogens is 2. The van der Waals surface area contributed by atoms with E-state index in [2.05, 4.69) is 4.74 Å². The van der Waals surface area contributed by atoms with E-state index in [9.17, 15) is 23.9 Å². The molecule has 1 fully saturated rings. The standard InChI is InChI=1S/C15H11ClFNO5/c1-23-15(22)18-10-5-9(17)8(16)4-7(10)13(19)11(14(20)21)12(18)6-2-3-6/h4-6H,2-3H2,1H3,(H,20,21). The molecule has 0 atom stereocenters. The summed E-state index contributed by atoms with van der Waals surface area (Å²) >= 11 is 5.69. The van der Waals surface area contributed by atoms with Crippen LogP contribution < -0.4 is 5.43 Å². The second-order valence-electron chi connectivity index (χ2n) is 5.26. The predicted molar refractivity (Wildman–Crippen MR) is 79.9 cm³/mol. The zero-order chi connectivity index (χ0) is 16.9. The predicted octanol–water partition coefficient (Wildman–Crippen LogP) is 2.98. The molecule has 1 saturated carbocycles. The fraction of sp³-hybridized carbons (Fsp3) is 0.267. The largest absolute Gasteiger partial charge is 0.477 e. The number of hydrogen-bond acceptors (Lipinski definition) is 4. The van der Waals surface area contributed by atoms with Crippen molar-refractivity contribution in [2.45, 2.75) is 18.8 Å². The van der Waals surface area contributed by atoms with Crippen LogP contribution in [0.15, 0.2) is 16.9 Å². The van der Waals surface area contributed by atoms with Crippen molar-refractivity contribution in [3.63, 3.8) is 0 Å². The Morgan fingerprint density at radius 1 is 1.39 bits per heavy atom. The minimum absolute atomic E-state index is 0.0450. The Morgan fingerprint density at radius 2 is 2.04 bits per heavy atom. The van der Waals surface area contributed by atoms with Crippen LogP contribution in [0.1, 0.15) is 34.8 Å². The Morgan fingerprint density at radius 3 is 2.57 bits per heavy atom. The lowest BCUT2D eigenvalue weighted by Gasteiger charge is -2.17. The zero-order valence-corrected chi connectivity index (χ0v) is 12.7. The summed E-state index contributed by atoms with van der Waals surface area (Å²) in [5.74, 6) is -2.52. The number of rotatable bonds is 2. The number of methoxy groups -OCH3 is 1. The van der Waals surface area contributed by atoms with Gasteiger partial charge < -0.3 is 9.84 Å². The first-order valence-corrected chi connectivity index (χ1v) is 7.13. The molecule has 0 amide bonds. The summed E-state index contributed by atoms with van der Waals surface area (Å²) in [5, 5.41) is 8.93. The highest BCUT2D eigenvalue weighted by molar-refractivity contribution is 6.31. The van der Waals surface area contributed by atoms with E-state index in [1.807, 2.05) is 0 Å². The molecular formula is C15H11ClFNO5. The summed E-state index contributed by atoms with van der Waals surface area (Å²) in [4.78, 5) is 36.2. The normalized spacial score (nSPS) is 14.0. The molecule has 1 aromatic heterocycles. The molecule has 0 spiro atoms. The van der Waals surface area contributed by atoms with Gasteiger partial charge in [-0.3, -0.25) is 4.79 Å². The van der Waals surface area contributed by atoms with Crippen molar-refractivity contribution >= 4 is 34.6 Å². The molecule has 1 aromatic carbocycles. The Labute approximate surface area is 134 Å². The van der Waals surface area contributed by atoms with E-state index >= 15 is 0 Å². The lowest BCUT2D eigenvalue weighted by molar-refractivity contribution is 0.0693. The molecule has 0 saturated heterocycles. The van der Waals surface area contributed by atoms with Gasteiger partial charge in [0.1, 0.15) is 11.4 Å². The number of benzene rings is 1. The van der Waals surface area contributed by atoms with Gasteiger partial charge in [-0.05, 0) is 18.9 Å². The third-order valence-electron chi connectivity index (χ3n) is 3.78. The van der Waals surface area contributed by atoms with Crippen LogP contribution in [0, 0.1) is 5.82 Å². The number of ether oxygens (including phenoxy) is 1. The van der Waals surface area contributed by atoms with Gasteiger partial charge in [0, 0.05) is 17.4 Å². The van der Waals surface area contributed by atoms with Crippen LogP contribution >= 0.6 is 11.6 Å². The summed E-state index contributed by atoms with van der Waals surface area (Å²) in [7, 11) is 1.12. The van der Waals surface area contributed by atoms with Gasteiger partial charge >= 0.3 is 12.1 Å². The number of aromatic carboxylic acids is 1. The molecule has 1 aliphatic rings. The van der Waals surface area contributed by atoms with Crippen molar-refractivity contribution in [2.75, 3.05) is 7.11 Å². The molecule has 23 heavy (non-hydrogen) atoms. The van der Waals surface area contributed by atoms with Gasteiger partial charge in [0.2, 0.25) is 5.43 Å². The number of fused-ring (bicyclic) bond motifs is 1. The fourth-order valence-electron chi connectivity index (χ4n) is 2.63. The molecule has 0 aliphatic heterocycles. The minimum Gasteiger partial charge on any atom is -0.477 e. The SMILES string of the molecule is COC(=O)n1c(C2CC2)c(C(=O)O)c(=O)c2cc(Cl)c(F)cc21. The number of aromatic nitrogens is 1. The van der Waals surface area contributed by atoms with Crippen molar-refractivity contribution in [3.05, 3.63) is 44.5 Å². The Hall–Kier alpha value is -2.41. The monoisotopic (exact) mass is 339 g/mol. The molecule has 2 aromatic rings. The maximum atomic E-state index is 13.8. The van der Waals surface area contributed by atoms with E-state index in [-0.39, 0.29) is 27.5 Å². The van der Waals surface area contributed by atoms with E-state index in [4.69, 9.17) is 11.6 Å². The topological polar surface area (TPSA) is 85.6 Å². The van der Waals surface area contributed by atoms with Crippen molar-refractivity contribution < 1.29 is 23.8 Å². The van der Waals surface area contributed by atoms with E-state index in [1.165, 1.54) is 0 Å². The number of carbonyl (C=O) groups is 2. The first kappa shape index (κ1) is 15.5. The summed E-state index contributed by atoms with van der Waals surface area (Å²) in [6.45, 7) is 0. The lowest BCUT2D eigenvalue weighted by Crippen LogP contribution is -2.27. The number of pyridine rings is 1. The average Bonchev–Trinajstić information content (AvgIpc) is 3.32. The smallest absolute Gasteiger partial charge is 0.418 e. The molecule has 3 rings (SSSR count). The second kappa shape index (κ2) is 5.34. The third-order valence-corrected chi connectivity index (χ3v) is 4.07. The molecule has 8 heteroatoms. The van der Waals surface area contributed by atoms with Gasteiger partial charge in [-0.25, -0.2) is 18.5 Å². The van der Waals surface area contributed by atoms with E-state index in [0.29, 0.717) is 12.8 Å². The summed E-state index contributed by atoms with van der Waals surface area (Å²) in [6.07, 6.45) is 0.387. The summed E-state index contributed by atoms with van der Waals surface area (Å²) < 4.78 is 19.5. The maximum absolute atomic E-state index is 13.8.